The van der Waals surface area contributed by atoms with Crippen molar-refractivity contribution in [2.45, 2.75) is 25.1 Å². The number of rotatable bonds is 2. The number of amides is 1. The summed E-state index contributed by atoms with van der Waals surface area (Å²) >= 11 is 0. The molecule has 0 aromatic rings. The number of carbonyl (C=O) groups is 1. The molecule has 0 saturated carbocycles. The van der Waals surface area contributed by atoms with E-state index in [0.717, 1.165) is 6.26 Å². The molecule has 0 radical (unpaired) electrons. The second kappa shape index (κ2) is 4.81. The van der Waals surface area contributed by atoms with Crippen molar-refractivity contribution in [1.29, 1.82) is 0 Å². The standard InChI is InChI=1S/C8H13F3N2O3S/c1-17(15,16)13-4-2-6(3-5-13)12-7(14)8(9,10)11/h6H,2-5H2,1H3,(H,12,14). The third kappa shape index (κ3) is 4.15. The first kappa shape index (κ1) is 14.2. The number of sulfonamides is 1. The maximum absolute atomic E-state index is 12.0. The quantitative estimate of drug-likeness (QED) is 0.776. The van der Waals surface area contributed by atoms with E-state index < -0.39 is 28.1 Å². The van der Waals surface area contributed by atoms with Gasteiger partial charge in [-0.05, 0) is 12.8 Å². The van der Waals surface area contributed by atoms with E-state index in [1.54, 1.807) is 0 Å². The first-order valence-corrected chi connectivity index (χ1v) is 6.78. The highest BCUT2D eigenvalue weighted by atomic mass is 32.2. The van der Waals surface area contributed by atoms with Crippen molar-refractivity contribution in [2.24, 2.45) is 0 Å². The monoisotopic (exact) mass is 274 g/mol. The van der Waals surface area contributed by atoms with Crippen molar-refractivity contribution in [1.82, 2.24) is 9.62 Å². The summed E-state index contributed by atoms with van der Waals surface area (Å²) in [6, 6.07) is -0.623. The van der Waals surface area contributed by atoms with Crippen molar-refractivity contribution in [3.63, 3.8) is 0 Å². The summed E-state index contributed by atoms with van der Waals surface area (Å²) in [4.78, 5) is 10.6. The molecule has 1 N–H and O–H groups in total. The van der Waals surface area contributed by atoms with E-state index in [0.29, 0.717) is 0 Å². The maximum atomic E-state index is 12.0. The first-order valence-electron chi connectivity index (χ1n) is 4.93. The van der Waals surface area contributed by atoms with Crippen molar-refractivity contribution in [3.8, 4) is 0 Å². The van der Waals surface area contributed by atoms with Gasteiger partial charge >= 0.3 is 12.1 Å². The molecule has 1 aliphatic rings. The molecule has 0 atom stereocenters. The fraction of sp³-hybridized carbons (Fsp3) is 0.875. The summed E-state index contributed by atoms with van der Waals surface area (Å²) in [5.41, 5.74) is 0. The van der Waals surface area contributed by atoms with Crippen LogP contribution in [-0.2, 0) is 14.8 Å². The Morgan fingerprint density at radius 1 is 1.29 bits per heavy atom. The highest BCUT2D eigenvalue weighted by Crippen LogP contribution is 2.18. The number of hydrogen-bond acceptors (Lipinski definition) is 3. The van der Waals surface area contributed by atoms with Crippen LogP contribution in [0.15, 0.2) is 0 Å². The molecule has 5 nitrogen and oxygen atoms in total. The van der Waals surface area contributed by atoms with Gasteiger partial charge in [0.1, 0.15) is 0 Å². The molecule has 1 saturated heterocycles. The minimum atomic E-state index is -4.89. The van der Waals surface area contributed by atoms with E-state index in [1.807, 2.05) is 5.32 Å². The number of halogens is 3. The van der Waals surface area contributed by atoms with E-state index in [2.05, 4.69) is 0 Å². The molecule has 9 heteroatoms. The zero-order valence-corrected chi connectivity index (χ0v) is 9.94. The van der Waals surface area contributed by atoms with Crippen LogP contribution < -0.4 is 5.32 Å². The number of carbonyl (C=O) groups excluding carboxylic acids is 1. The predicted octanol–water partition coefficient (Wildman–Crippen LogP) is 0.0889. The van der Waals surface area contributed by atoms with Gasteiger partial charge in [0.15, 0.2) is 0 Å². The average molecular weight is 274 g/mol. The topological polar surface area (TPSA) is 66.5 Å². The van der Waals surface area contributed by atoms with Crippen molar-refractivity contribution >= 4 is 15.9 Å². The molecular weight excluding hydrogens is 261 g/mol. The zero-order chi connectivity index (χ0) is 13.3. The van der Waals surface area contributed by atoms with Crippen LogP contribution in [0, 0.1) is 0 Å². The fourth-order valence-corrected chi connectivity index (χ4v) is 2.47. The van der Waals surface area contributed by atoms with Gasteiger partial charge in [-0.25, -0.2) is 12.7 Å². The Morgan fingerprint density at radius 3 is 2.12 bits per heavy atom. The third-order valence-corrected chi connectivity index (χ3v) is 3.82. The smallest absolute Gasteiger partial charge is 0.345 e. The van der Waals surface area contributed by atoms with Crippen LogP contribution in [0.5, 0.6) is 0 Å². The van der Waals surface area contributed by atoms with Gasteiger partial charge in [-0.1, -0.05) is 0 Å². The van der Waals surface area contributed by atoms with Crippen molar-refractivity contribution < 1.29 is 26.4 Å². The Labute approximate surface area is 97.0 Å². The van der Waals surface area contributed by atoms with Gasteiger partial charge in [0.05, 0.1) is 6.26 Å². The maximum Gasteiger partial charge on any atom is 0.471 e. The number of nitrogens with one attached hydrogen (secondary N) is 1. The highest BCUT2D eigenvalue weighted by Gasteiger charge is 2.40. The number of hydrogen-bond donors (Lipinski definition) is 1. The van der Waals surface area contributed by atoms with Crippen LogP contribution in [0.25, 0.3) is 0 Å². The second-order valence-electron chi connectivity index (χ2n) is 3.91. The van der Waals surface area contributed by atoms with E-state index in [4.69, 9.17) is 0 Å². The van der Waals surface area contributed by atoms with Gasteiger partial charge in [-0.15, -0.1) is 0 Å². The number of piperidine rings is 1. The molecule has 0 aliphatic carbocycles. The number of nitrogens with zero attached hydrogens (tertiary/aromatic N) is 1. The van der Waals surface area contributed by atoms with E-state index in [9.17, 15) is 26.4 Å². The molecule has 100 valence electrons. The molecule has 0 bridgehead atoms. The van der Waals surface area contributed by atoms with Crippen LogP contribution in [0.1, 0.15) is 12.8 Å². The molecule has 1 heterocycles. The summed E-state index contributed by atoms with van der Waals surface area (Å²) in [6.45, 7) is 0.253. The lowest BCUT2D eigenvalue weighted by Crippen LogP contribution is -2.49. The van der Waals surface area contributed by atoms with E-state index in [1.165, 1.54) is 4.31 Å². The summed E-state index contributed by atoms with van der Waals surface area (Å²) in [6.07, 6.45) is -3.47. The Morgan fingerprint density at radius 2 is 1.76 bits per heavy atom. The molecule has 1 amide bonds. The van der Waals surface area contributed by atoms with Gasteiger partial charge < -0.3 is 5.32 Å². The molecule has 1 fully saturated rings. The molecule has 1 aliphatic heterocycles. The van der Waals surface area contributed by atoms with E-state index in [-0.39, 0.29) is 25.9 Å². The summed E-state index contributed by atoms with van der Waals surface area (Å²) in [5.74, 6) is -1.98. The van der Waals surface area contributed by atoms with Gasteiger partial charge in [-0.2, -0.15) is 13.2 Å². The van der Waals surface area contributed by atoms with Gasteiger partial charge in [0, 0.05) is 19.1 Å². The largest absolute Gasteiger partial charge is 0.471 e. The third-order valence-electron chi connectivity index (χ3n) is 2.52. The minimum absolute atomic E-state index is 0.127. The zero-order valence-electron chi connectivity index (χ0n) is 9.12. The Kier molecular flexibility index (Phi) is 4.03. The molecule has 0 spiro atoms. The Balaban J connectivity index is 2.46. The predicted molar refractivity (Wildman–Crippen MR) is 53.6 cm³/mol. The van der Waals surface area contributed by atoms with Crippen LogP contribution in [0.4, 0.5) is 13.2 Å². The van der Waals surface area contributed by atoms with Crippen LogP contribution in [0.2, 0.25) is 0 Å². The summed E-state index contributed by atoms with van der Waals surface area (Å²) in [5, 5.41) is 1.85. The normalized spacial score (nSPS) is 20.2. The van der Waals surface area contributed by atoms with Gasteiger partial charge in [-0.3, -0.25) is 4.79 Å². The Hall–Kier alpha value is -0.830. The minimum Gasteiger partial charge on any atom is -0.345 e. The van der Waals surface area contributed by atoms with E-state index >= 15 is 0 Å². The molecule has 1 rings (SSSR count). The lowest BCUT2D eigenvalue weighted by molar-refractivity contribution is -0.174. The summed E-state index contributed by atoms with van der Waals surface area (Å²) in [7, 11) is -3.31. The lowest BCUT2D eigenvalue weighted by Gasteiger charge is -2.30. The molecule has 0 unspecified atom stereocenters. The lowest BCUT2D eigenvalue weighted by atomic mass is 10.1. The molecular formula is C8H13F3N2O3S. The summed E-state index contributed by atoms with van der Waals surface area (Å²) < 4.78 is 59.3. The van der Waals surface area contributed by atoms with Crippen molar-refractivity contribution in [2.75, 3.05) is 19.3 Å². The van der Waals surface area contributed by atoms with Gasteiger partial charge in [0.2, 0.25) is 10.0 Å². The average Bonchev–Trinajstić information content (AvgIpc) is 2.15. The molecule has 0 aromatic carbocycles. The van der Waals surface area contributed by atoms with Crippen LogP contribution >= 0.6 is 0 Å². The molecule has 0 aromatic heterocycles. The second-order valence-corrected chi connectivity index (χ2v) is 5.89. The number of alkyl halides is 3. The SMILES string of the molecule is CS(=O)(=O)N1CCC(NC(=O)C(F)(F)F)CC1. The highest BCUT2D eigenvalue weighted by molar-refractivity contribution is 7.88. The van der Waals surface area contributed by atoms with Crippen molar-refractivity contribution in [3.05, 3.63) is 0 Å². The first-order chi connectivity index (χ1) is 7.60. The fourth-order valence-electron chi connectivity index (χ4n) is 1.60. The molecule has 17 heavy (non-hydrogen) atoms. The van der Waals surface area contributed by atoms with Crippen LogP contribution in [-0.4, -0.2) is 50.2 Å². The van der Waals surface area contributed by atoms with Crippen LogP contribution in [0.3, 0.4) is 0 Å². The van der Waals surface area contributed by atoms with Gasteiger partial charge in [0.25, 0.3) is 0 Å². The Bertz CT molecular complexity index is 385.